The molecule has 6 heteroatoms. The van der Waals surface area contributed by atoms with E-state index in [9.17, 15) is 9.18 Å². The Morgan fingerprint density at radius 2 is 1.88 bits per heavy atom. The first kappa shape index (κ1) is 19.7. The molecule has 0 aliphatic carbocycles. The number of ether oxygens (including phenoxy) is 2. The van der Waals surface area contributed by atoms with Gasteiger partial charge in [0.2, 0.25) is 0 Å². The summed E-state index contributed by atoms with van der Waals surface area (Å²) < 4.78 is 23.9. The third kappa shape index (κ3) is 6.63. The summed E-state index contributed by atoms with van der Waals surface area (Å²) in [4.78, 5) is 14.7. The lowest BCUT2D eigenvalue weighted by molar-refractivity contribution is -0.127. The van der Waals surface area contributed by atoms with Crippen LogP contribution in [0.3, 0.4) is 0 Å². The van der Waals surface area contributed by atoms with Crippen molar-refractivity contribution < 1.29 is 18.7 Å². The second-order valence-electron chi connectivity index (χ2n) is 6.89. The van der Waals surface area contributed by atoms with Crippen LogP contribution in [0.4, 0.5) is 4.39 Å². The Labute approximate surface area is 149 Å². The summed E-state index contributed by atoms with van der Waals surface area (Å²) in [5, 5.41) is 3.00. The lowest BCUT2D eigenvalue weighted by Crippen LogP contribution is -2.50. The summed E-state index contributed by atoms with van der Waals surface area (Å²) in [6.07, 6.45) is 0.392. The van der Waals surface area contributed by atoms with Crippen molar-refractivity contribution in [2.45, 2.75) is 39.3 Å². The average Bonchev–Trinajstić information content (AvgIpc) is 2.60. The summed E-state index contributed by atoms with van der Waals surface area (Å²) in [6.45, 7) is 9.95. The molecule has 1 amide bonds. The second kappa shape index (κ2) is 9.73. The van der Waals surface area contributed by atoms with Crippen LogP contribution in [0.15, 0.2) is 24.3 Å². The van der Waals surface area contributed by atoms with Crippen LogP contribution < -0.4 is 10.1 Å². The first-order valence-corrected chi connectivity index (χ1v) is 8.97. The molecule has 0 bridgehead atoms. The fourth-order valence-corrected chi connectivity index (χ4v) is 2.98. The van der Waals surface area contributed by atoms with Gasteiger partial charge in [0, 0.05) is 25.7 Å². The van der Waals surface area contributed by atoms with E-state index in [1.54, 1.807) is 6.92 Å². The number of carbonyl (C=O) groups is 1. The summed E-state index contributed by atoms with van der Waals surface area (Å²) in [5.41, 5.74) is 0. The minimum absolute atomic E-state index is 0.161. The Morgan fingerprint density at radius 1 is 1.24 bits per heavy atom. The third-order valence-electron chi connectivity index (χ3n) is 4.31. The molecular formula is C19H29FN2O3. The van der Waals surface area contributed by atoms with Crippen LogP contribution in [0, 0.1) is 11.7 Å². The molecule has 0 aromatic heterocycles. The van der Waals surface area contributed by atoms with Crippen molar-refractivity contribution in [3.05, 3.63) is 30.1 Å². The standard InChI is InChI=1S/C19H29FN2O3/c1-14(2)12-17(22-8-10-24-11-9-22)13-21-19(23)15(3)25-18-6-4-16(20)5-7-18/h4-7,14-15,17H,8-13H2,1-3H3,(H,21,23)/t15-,17+/m1/s1. The number of nitrogens with one attached hydrogen (secondary N) is 1. The number of amides is 1. The molecule has 2 rings (SSSR count). The predicted molar refractivity (Wildman–Crippen MR) is 95.1 cm³/mol. The lowest BCUT2D eigenvalue weighted by Gasteiger charge is -2.35. The van der Waals surface area contributed by atoms with Gasteiger partial charge < -0.3 is 14.8 Å². The molecule has 1 aromatic carbocycles. The summed E-state index contributed by atoms with van der Waals surface area (Å²) in [5.74, 6) is 0.548. The monoisotopic (exact) mass is 352 g/mol. The smallest absolute Gasteiger partial charge is 0.260 e. The van der Waals surface area contributed by atoms with E-state index >= 15 is 0 Å². The highest BCUT2D eigenvalue weighted by Crippen LogP contribution is 2.15. The molecule has 1 N–H and O–H groups in total. The van der Waals surface area contributed by atoms with E-state index in [0.29, 0.717) is 24.3 Å². The zero-order valence-corrected chi connectivity index (χ0v) is 15.3. The second-order valence-corrected chi connectivity index (χ2v) is 6.89. The largest absolute Gasteiger partial charge is 0.481 e. The van der Waals surface area contributed by atoms with Gasteiger partial charge in [0.05, 0.1) is 13.2 Å². The zero-order chi connectivity index (χ0) is 18.2. The van der Waals surface area contributed by atoms with Gasteiger partial charge in [0.15, 0.2) is 6.10 Å². The topological polar surface area (TPSA) is 50.8 Å². The molecule has 1 saturated heterocycles. The molecular weight excluding hydrogens is 323 g/mol. The number of hydrogen-bond acceptors (Lipinski definition) is 4. The molecule has 25 heavy (non-hydrogen) atoms. The fraction of sp³-hybridized carbons (Fsp3) is 0.632. The van der Waals surface area contributed by atoms with Gasteiger partial charge in [-0.2, -0.15) is 0 Å². The molecule has 0 unspecified atom stereocenters. The van der Waals surface area contributed by atoms with Crippen molar-refractivity contribution in [1.29, 1.82) is 0 Å². The van der Waals surface area contributed by atoms with Crippen molar-refractivity contribution >= 4 is 5.91 Å². The minimum Gasteiger partial charge on any atom is -0.481 e. The van der Waals surface area contributed by atoms with Gasteiger partial charge in [-0.25, -0.2) is 4.39 Å². The average molecular weight is 352 g/mol. The molecule has 0 radical (unpaired) electrons. The van der Waals surface area contributed by atoms with E-state index < -0.39 is 6.10 Å². The number of nitrogens with zero attached hydrogens (tertiary/aromatic N) is 1. The Morgan fingerprint density at radius 3 is 2.48 bits per heavy atom. The number of morpholine rings is 1. The number of rotatable bonds is 8. The van der Waals surface area contributed by atoms with Gasteiger partial charge in [-0.15, -0.1) is 0 Å². The van der Waals surface area contributed by atoms with Crippen molar-refractivity contribution in [2.75, 3.05) is 32.8 Å². The van der Waals surface area contributed by atoms with Gasteiger partial charge in [0.25, 0.3) is 5.91 Å². The molecule has 5 nitrogen and oxygen atoms in total. The van der Waals surface area contributed by atoms with Crippen LogP contribution in [0.25, 0.3) is 0 Å². The van der Waals surface area contributed by atoms with Crippen LogP contribution in [-0.4, -0.2) is 55.8 Å². The van der Waals surface area contributed by atoms with Gasteiger partial charge in [-0.3, -0.25) is 9.69 Å². The maximum Gasteiger partial charge on any atom is 0.260 e. The highest BCUT2D eigenvalue weighted by molar-refractivity contribution is 5.80. The van der Waals surface area contributed by atoms with Gasteiger partial charge in [0.1, 0.15) is 11.6 Å². The van der Waals surface area contributed by atoms with Crippen LogP contribution in [-0.2, 0) is 9.53 Å². The third-order valence-corrected chi connectivity index (χ3v) is 4.31. The summed E-state index contributed by atoms with van der Waals surface area (Å²) in [6, 6.07) is 5.97. The van der Waals surface area contributed by atoms with Crippen molar-refractivity contribution in [3.8, 4) is 5.75 Å². The van der Waals surface area contributed by atoms with E-state index in [4.69, 9.17) is 9.47 Å². The molecule has 1 aromatic rings. The molecule has 140 valence electrons. The number of halogens is 1. The summed E-state index contributed by atoms with van der Waals surface area (Å²) in [7, 11) is 0. The highest BCUT2D eigenvalue weighted by Gasteiger charge is 2.23. The number of benzene rings is 1. The molecule has 1 aliphatic rings. The summed E-state index contributed by atoms with van der Waals surface area (Å²) >= 11 is 0. The van der Waals surface area contributed by atoms with Crippen molar-refractivity contribution in [2.24, 2.45) is 5.92 Å². The Bertz CT molecular complexity index is 530. The molecule has 0 spiro atoms. The van der Waals surface area contributed by atoms with E-state index in [1.165, 1.54) is 24.3 Å². The van der Waals surface area contributed by atoms with Gasteiger partial charge in [-0.05, 0) is 43.5 Å². The quantitative estimate of drug-likeness (QED) is 0.781. The maximum absolute atomic E-state index is 12.9. The normalized spacial score (nSPS) is 18.0. The molecule has 1 fully saturated rings. The van der Waals surface area contributed by atoms with E-state index in [1.807, 2.05) is 0 Å². The first-order chi connectivity index (χ1) is 12.0. The molecule has 1 heterocycles. The zero-order valence-electron chi connectivity index (χ0n) is 15.3. The van der Waals surface area contributed by atoms with E-state index in [0.717, 1.165) is 32.7 Å². The Hall–Kier alpha value is -1.66. The predicted octanol–water partition coefficient (Wildman–Crippen LogP) is 2.46. The van der Waals surface area contributed by atoms with Crippen LogP contribution >= 0.6 is 0 Å². The van der Waals surface area contributed by atoms with E-state index in [2.05, 4.69) is 24.1 Å². The Balaban J connectivity index is 1.84. The van der Waals surface area contributed by atoms with Crippen molar-refractivity contribution in [3.63, 3.8) is 0 Å². The van der Waals surface area contributed by atoms with Crippen LogP contribution in [0.2, 0.25) is 0 Å². The van der Waals surface area contributed by atoms with Gasteiger partial charge in [-0.1, -0.05) is 13.8 Å². The molecule has 2 atom stereocenters. The molecule has 1 aliphatic heterocycles. The lowest BCUT2D eigenvalue weighted by atomic mass is 10.0. The SMILES string of the molecule is CC(C)C[C@@H](CNC(=O)[C@@H](C)Oc1ccc(F)cc1)N1CCOCC1. The van der Waals surface area contributed by atoms with Crippen molar-refractivity contribution in [1.82, 2.24) is 10.2 Å². The number of hydrogen-bond donors (Lipinski definition) is 1. The highest BCUT2D eigenvalue weighted by atomic mass is 19.1. The molecule has 0 saturated carbocycles. The van der Waals surface area contributed by atoms with Gasteiger partial charge >= 0.3 is 0 Å². The first-order valence-electron chi connectivity index (χ1n) is 8.97. The van der Waals surface area contributed by atoms with Crippen LogP contribution in [0.5, 0.6) is 5.75 Å². The Kier molecular flexibility index (Phi) is 7.65. The maximum atomic E-state index is 12.9. The van der Waals surface area contributed by atoms with Crippen LogP contribution in [0.1, 0.15) is 27.2 Å². The van der Waals surface area contributed by atoms with E-state index in [-0.39, 0.29) is 11.7 Å². The minimum atomic E-state index is -0.630. The fourth-order valence-electron chi connectivity index (χ4n) is 2.98. The number of carbonyl (C=O) groups excluding carboxylic acids is 1.